The first kappa shape index (κ1) is 30.5. The van der Waals surface area contributed by atoms with Crippen LogP contribution in [0.5, 0.6) is 0 Å². The average molecular weight is 595 g/mol. The van der Waals surface area contributed by atoms with Crippen molar-refractivity contribution in [3.63, 3.8) is 0 Å². The van der Waals surface area contributed by atoms with Crippen molar-refractivity contribution >= 4 is 34.5 Å². The number of unbranched alkanes of at least 4 members (excludes halogenated alkanes) is 1. The number of thiophene rings is 1. The third-order valence-electron chi connectivity index (χ3n) is 8.33. The molecule has 1 aromatic heterocycles. The van der Waals surface area contributed by atoms with Crippen molar-refractivity contribution in [2.24, 2.45) is 5.73 Å². The second kappa shape index (κ2) is 14.5. The molecule has 2 amide bonds. The predicted octanol–water partition coefficient (Wildman–Crippen LogP) is 7.82. The van der Waals surface area contributed by atoms with E-state index in [1.54, 1.807) is 0 Å². The summed E-state index contributed by atoms with van der Waals surface area (Å²) in [6.07, 6.45) is 5.90. The van der Waals surface area contributed by atoms with Gasteiger partial charge in [-0.05, 0) is 90.6 Å². The van der Waals surface area contributed by atoms with Crippen molar-refractivity contribution in [2.75, 3.05) is 23.8 Å². The summed E-state index contributed by atoms with van der Waals surface area (Å²) in [6, 6.07) is 28.2. The van der Waals surface area contributed by atoms with Gasteiger partial charge >= 0.3 is 0 Å². The van der Waals surface area contributed by atoms with Crippen LogP contribution in [-0.2, 0) is 6.54 Å². The van der Waals surface area contributed by atoms with Crippen molar-refractivity contribution < 1.29 is 9.59 Å². The number of nitrogens with one attached hydrogen (secondary N) is 1. The molecule has 0 unspecified atom stereocenters. The normalized spacial score (nSPS) is 16.4. The fourth-order valence-electron chi connectivity index (χ4n) is 5.82. The van der Waals surface area contributed by atoms with Gasteiger partial charge in [-0.2, -0.15) is 0 Å². The molecular weight excluding hydrogens is 552 g/mol. The van der Waals surface area contributed by atoms with Crippen LogP contribution in [-0.4, -0.2) is 42.4 Å². The van der Waals surface area contributed by atoms with E-state index in [0.717, 1.165) is 78.0 Å². The zero-order chi connectivity index (χ0) is 30.2. The van der Waals surface area contributed by atoms with Crippen molar-refractivity contribution in [3.05, 3.63) is 106 Å². The second-order valence-electron chi connectivity index (χ2n) is 11.5. The zero-order valence-corrected chi connectivity index (χ0v) is 26.0. The Morgan fingerprint density at radius 2 is 1.67 bits per heavy atom. The Balaban J connectivity index is 1.43. The van der Waals surface area contributed by atoms with E-state index in [-0.39, 0.29) is 23.9 Å². The van der Waals surface area contributed by atoms with Crippen LogP contribution in [0, 0.1) is 0 Å². The van der Waals surface area contributed by atoms with E-state index < -0.39 is 0 Å². The minimum absolute atomic E-state index is 0.0891. The van der Waals surface area contributed by atoms with Crippen LogP contribution in [0.2, 0.25) is 0 Å². The average Bonchev–Trinajstić information content (AvgIpc) is 3.59. The van der Waals surface area contributed by atoms with Gasteiger partial charge < -0.3 is 20.9 Å². The van der Waals surface area contributed by atoms with Crippen LogP contribution in [0.25, 0.3) is 11.1 Å². The number of anilines is 2. The number of nitrogens with two attached hydrogens (primary N) is 1. The fraction of sp³-hybridized carbons (Fsp3) is 0.333. The molecule has 5 rings (SSSR count). The Morgan fingerprint density at radius 1 is 0.907 bits per heavy atom. The molecule has 6 nitrogen and oxygen atoms in total. The number of carbonyl (C=O) groups is 2. The van der Waals surface area contributed by atoms with E-state index in [1.807, 2.05) is 52.7 Å². The van der Waals surface area contributed by atoms with Gasteiger partial charge in [0.25, 0.3) is 11.8 Å². The lowest BCUT2D eigenvalue weighted by atomic mass is 9.90. The Labute approximate surface area is 259 Å². The van der Waals surface area contributed by atoms with Gasteiger partial charge in [0, 0.05) is 37.8 Å². The van der Waals surface area contributed by atoms with Crippen molar-refractivity contribution in [1.82, 2.24) is 4.90 Å². The van der Waals surface area contributed by atoms with Crippen LogP contribution in [0.15, 0.2) is 90.3 Å². The summed E-state index contributed by atoms with van der Waals surface area (Å²) >= 11 is 1.49. The van der Waals surface area contributed by atoms with E-state index in [9.17, 15) is 9.59 Å². The Kier molecular flexibility index (Phi) is 10.3. The van der Waals surface area contributed by atoms with Crippen LogP contribution in [0.1, 0.15) is 71.0 Å². The first-order valence-corrected chi connectivity index (χ1v) is 16.2. The standard InChI is InChI=1S/C36H42N4O2S/c1-3-4-21-39(2)33-20-15-29(24-32(33)38-35(41)27-11-6-5-7-12-27)28-13-8-10-26(23-28)25-40(31-18-16-30(37)17-19-31)36(42)34-14-9-22-43-34/h5-15,20,22-24,30-31H,3-4,16-19,21,25,37H2,1-2H3,(H,38,41). The summed E-state index contributed by atoms with van der Waals surface area (Å²) in [5, 5.41) is 5.13. The molecule has 0 aliphatic heterocycles. The lowest BCUT2D eigenvalue weighted by Crippen LogP contribution is -2.43. The summed E-state index contributed by atoms with van der Waals surface area (Å²) in [6.45, 7) is 3.62. The maximum Gasteiger partial charge on any atom is 0.264 e. The summed E-state index contributed by atoms with van der Waals surface area (Å²) < 4.78 is 0. The van der Waals surface area contributed by atoms with Gasteiger partial charge in [0.15, 0.2) is 0 Å². The summed E-state index contributed by atoms with van der Waals surface area (Å²) in [5.74, 6) is -0.0437. The SMILES string of the molecule is CCCCN(C)c1ccc(-c2cccc(CN(C(=O)c3cccs3)C3CCC(N)CC3)c2)cc1NC(=O)c1ccccc1. The number of benzene rings is 3. The highest BCUT2D eigenvalue weighted by Crippen LogP contribution is 2.33. The molecule has 224 valence electrons. The Bertz CT molecular complexity index is 1500. The summed E-state index contributed by atoms with van der Waals surface area (Å²) in [4.78, 5) is 31.9. The highest BCUT2D eigenvalue weighted by molar-refractivity contribution is 7.12. The second-order valence-corrected chi connectivity index (χ2v) is 12.5. The third-order valence-corrected chi connectivity index (χ3v) is 9.19. The molecule has 1 saturated carbocycles. The van der Waals surface area contributed by atoms with E-state index in [1.165, 1.54) is 11.3 Å². The van der Waals surface area contributed by atoms with Gasteiger partial charge in [-0.3, -0.25) is 9.59 Å². The lowest BCUT2D eigenvalue weighted by Gasteiger charge is -2.36. The highest BCUT2D eigenvalue weighted by Gasteiger charge is 2.29. The molecule has 0 bridgehead atoms. The maximum atomic E-state index is 13.6. The molecule has 0 atom stereocenters. The molecule has 1 fully saturated rings. The fourth-order valence-corrected chi connectivity index (χ4v) is 6.50. The Morgan fingerprint density at radius 3 is 2.40 bits per heavy atom. The van der Waals surface area contributed by atoms with Gasteiger partial charge in [0.2, 0.25) is 0 Å². The molecule has 0 saturated heterocycles. The molecule has 4 aromatic rings. The minimum Gasteiger partial charge on any atom is -0.373 e. The van der Waals surface area contributed by atoms with E-state index in [2.05, 4.69) is 66.7 Å². The predicted molar refractivity (Wildman–Crippen MR) is 179 cm³/mol. The van der Waals surface area contributed by atoms with E-state index >= 15 is 0 Å². The molecular formula is C36H42N4O2S. The Hall–Kier alpha value is -3.94. The topological polar surface area (TPSA) is 78.7 Å². The van der Waals surface area contributed by atoms with Gasteiger partial charge in [-0.1, -0.05) is 61.9 Å². The van der Waals surface area contributed by atoms with Crippen molar-refractivity contribution in [2.45, 2.75) is 64.1 Å². The van der Waals surface area contributed by atoms with Crippen LogP contribution < -0.4 is 16.0 Å². The lowest BCUT2D eigenvalue weighted by molar-refractivity contribution is 0.0611. The van der Waals surface area contributed by atoms with Gasteiger partial charge in [-0.25, -0.2) is 0 Å². The van der Waals surface area contributed by atoms with E-state index in [4.69, 9.17) is 5.73 Å². The number of hydrogen-bond acceptors (Lipinski definition) is 5. The third kappa shape index (κ3) is 7.72. The zero-order valence-electron chi connectivity index (χ0n) is 25.2. The number of amides is 2. The van der Waals surface area contributed by atoms with Crippen LogP contribution in [0.4, 0.5) is 11.4 Å². The summed E-state index contributed by atoms with van der Waals surface area (Å²) in [7, 11) is 2.07. The molecule has 1 aliphatic rings. The number of hydrogen-bond donors (Lipinski definition) is 2. The number of rotatable bonds is 11. The summed E-state index contributed by atoms with van der Waals surface area (Å²) in [5.41, 5.74) is 11.7. The highest BCUT2D eigenvalue weighted by atomic mass is 32.1. The minimum atomic E-state index is -0.133. The molecule has 1 aliphatic carbocycles. The molecule has 3 N–H and O–H groups in total. The van der Waals surface area contributed by atoms with Gasteiger partial charge in [0.05, 0.1) is 16.3 Å². The first-order valence-electron chi connectivity index (χ1n) is 15.3. The molecule has 43 heavy (non-hydrogen) atoms. The smallest absolute Gasteiger partial charge is 0.264 e. The van der Waals surface area contributed by atoms with Gasteiger partial charge in [0.1, 0.15) is 0 Å². The molecule has 7 heteroatoms. The quantitative estimate of drug-likeness (QED) is 0.186. The van der Waals surface area contributed by atoms with E-state index in [0.29, 0.717) is 12.1 Å². The number of nitrogens with zero attached hydrogens (tertiary/aromatic N) is 2. The van der Waals surface area contributed by atoms with Crippen molar-refractivity contribution in [3.8, 4) is 11.1 Å². The van der Waals surface area contributed by atoms with Crippen molar-refractivity contribution in [1.29, 1.82) is 0 Å². The van der Waals surface area contributed by atoms with Crippen LogP contribution in [0.3, 0.4) is 0 Å². The first-order chi connectivity index (χ1) is 20.9. The molecule has 0 spiro atoms. The van der Waals surface area contributed by atoms with Gasteiger partial charge in [-0.15, -0.1) is 11.3 Å². The number of carbonyl (C=O) groups excluding carboxylic acids is 2. The monoisotopic (exact) mass is 594 g/mol. The maximum absolute atomic E-state index is 13.6. The molecule has 3 aromatic carbocycles. The molecule has 1 heterocycles. The van der Waals surface area contributed by atoms with Crippen LogP contribution >= 0.6 is 11.3 Å². The largest absolute Gasteiger partial charge is 0.373 e. The molecule has 0 radical (unpaired) electrons.